The predicted octanol–water partition coefficient (Wildman–Crippen LogP) is 2.98. The molecule has 0 saturated heterocycles. The molecule has 0 aromatic heterocycles. The third-order valence-corrected chi connectivity index (χ3v) is 5.16. The summed E-state index contributed by atoms with van der Waals surface area (Å²) in [5, 5.41) is 0. The van der Waals surface area contributed by atoms with Crippen LogP contribution in [-0.4, -0.2) is 15.0 Å². The van der Waals surface area contributed by atoms with E-state index in [1.807, 2.05) is 6.92 Å². The van der Waals surface area contributed by atoms with Crippen molar-refractivity contribution in [3.05, 3.63) is 39.3 Å². The Morgan fingerprint density at radius 1 is 1.38 bits per heavy atom. The minimum absolute atomic E-state index is 0.209. The predicted molar refractivity (Wildman–Crippen MR) is 72.0 cm³/mol. The molecule has 0 saturated carbocycles. The van der Waals surface area contributed by atoms with Crippen molar-refractivity contribution in [1.82, 2.24) is 4.72 Å². The quantitative estimate of drug-likeness (QED) is 0.830. The lowest BCUT2D eigenvalue weighted by atomic mass is 10.2. The van der Waals surface area contributed by atoms with Crippen LogP contribution in [0.5, 0.6) is 0 Å². The van der Waals surface area contributed by atoms with Gasteiger partial charge < -0.3 is 0 Å². The third-order valence-electron chi connectivity index (χ3n) is 1.92. The van der Waals surface area contributed by atoms with E-state index in [4.69, 9.17) is 0 Å². The normalized spacial score (nSPS) is 11.4. The molecule has 6 heteroatoms. The zero-order valence-corrected chi connectivity index (χ0v) is 12.6. The van der Waals surface area contributed by atoms with Gasteiger partial charge in [-0.1, -0.05) is 22.0 Å². The van der Waals surface area contributed by atoms with Crippen molar-refractivity contribution < 1.29 is 8.42 Å². The van der Waals surface area contributed by atoms with Crippen molar-refractivity contribution in [1.29, 1.82) is 0 Å². The summed E-state index contributed by atoms with van der Waals surface area (Å²) in [7, 11) is -3.49. The van der Waals surface area contributed by atoms with E-state index in [0.717, 1.165) is 10.0 Å². The van der Waals surface area contributed by atoms with Crippen LogP contribution in [0.25, 0.3) is 0 Å². The molecule has 3 nitrogen and oxygen atoms in total. The standard InChI is InChI=1S/C10H11Br2NO2S/c1-3-4-13-16(14,15)10-6-8(11)7(2)5-9(10)12/h3,5-6,13H,1,4H2,2H3. The molecular formula is C10H11Br2NO2S. The maximum atomic E-state index is 11.9. The highest BCUT2D eigenvalue weighted by molar-refractivity contribution is 9.11. The molecule has 0 spiro atoms. The molecule has 0 bridgehead atoms. The van der Waals surface area contributed by atoms with Crippen molar-refractivity contribution in [3.63, 3.8) is 0 Å². The van der Waals surface area contributed by atoms with Gasteiger partial charge in [-0.05, 0) is 40.5 Å². The molecule has 1 N–H and O–H groups in total. The highest BCUT2D eigenvalue weighted by Crippen LogP contribution is 2.28. The second kappa shape index (κ2) is 5.44. The van der Waals surface area contributed by atoms with Crippen molar-refractivity contribution >= 4 is 41.9 Å². The van der Waals surface area contributed by atoms with E-state index in [-0.39, 0.29) is 11.4 Å². The molecule has 0 aliphatic carbocycles. The smallest absolute Gasteiger partial charge is 0.207 e. The molecule has 0 atom stereocenters. The Hall–Kier alpha value is -0.170. The Bertz CT molecular complexity index is 512. The molecule has 16 heavy (non-hydrogen) atoms. The summed E-state index contributed by atoms with van der Waals surface area (Å²) in [5.41, 5.74) is 0.967. The fourth-order valence-electron chi connectivity index (χ4n) is 1.08. The summed E-state index contributed by atoms with van der Waals surface area (Å²) in [6, 6.07) is 3.33. The molecule has 1 aromatic rings. The third kappa shape index (κ3) is 3.16. The van der Waals surface area contributed by atoms with Gasteiger partial charge in [0.1, 0.15) is 0 Å². The van der Waals surface area contributed by atoms with E-state index >= 15 is 0 Å². The van der Waals surface area contributed by atoms with Crippen LogP contribution in [0.3, 0.4) is 0 Å². The Morgan fingerprint density at radius 2 is 2.00 bits per heavy atom. The molecule has 0 aliphatic heterocycles. The Balaban J connectivity index is 3.23. The lowest BCUT2D eigenvalue weighted by Gasteiger charge is -2.09. The van der Waals surface area contributed by atoms with E-state index in [9.17, 15) is 8.42 Å². The summed E-state index contributed by atoms with van der Waals surface area (Å²) in [4.78, 5) is 0.215. The number of rotatable bonds is 4. The number of nitrogens with one attached hydrogen (secondary N) is 1. The van der Waals surface area contributed by atoms with Gasteiger partial charge >= 0.3 is 0 Å². The minimum atomic E-state index is -3.49. The summed E-state index contributed by atoms with van der Waals surface area (Å²) >= 11 is 6.55. The van der Waals surface area contributed by atoms with Gasteiger partial charge in [0.2, 0.25) is 10.0 Å². The van der Waals surface area contributed by atoms with Gasteiger partial charge in [-0.2, -0.15) is 0 Å². The van der Waals surface area contributed by atoms with Gasteiger partial charge in [-0.25, -0.2) is 13.1 Å². The zero-order valence-electron chi connectivity index (χ0n) is 8.63. The molecule has 0 aliphatic rings. The van der Waals surface area contributed by atoms with Crippen LogP contribution in [0.4, 0.5) is 0 Å². The summed E-state index contributed by atoms with van der Waals surface area (Å²) in [5.74, 6) is 0. The average Bonchev–Trinajstić information content (AvgIpc) is 2.20. The maximum Gasteiger partial charge on any atom is 0.242 e. The fraction of sp³-hybridized carbons (Fsp3) is 0.200. The molecular weight excluding hydrogens is 358 g/mol. The van der Waals surface area contributed by atoms with Crippen molar-refractivity contribution in [3.8, 4) is 0 Å². The number of aryl methyl sites for hydroxylation is 1. The lowest BCUT2D eigenvalue weighted by molar-refractivity contribution is 0.585. The number of hydrogen-bond donors (Lipinski definition) is 1. The van der Waals surface area contributed by atoms with Crippen LogP contribution >= 0.6 is 31.9 Å². The van der Waals surface area contributed by atoms with Crippen LogP contribution in [0.1, 0.15) is 5.56 Å². The number of hydrogen-bond acceptors (Lipinski definition) is 2. The Labute approximate surface area is 112 Å². The van der Waals surface area contributed by atoms with Crippen LogP contribution < -0.4 is 4.72 Å². The molecule has 0 radical (unpaired) electrons. The van der Waals surface area contributed by atoms with Crippen molar-refractivity contribution in [2.45, 2.75) is 11.8 Å². The van der Waals surface area contributed by atoms with E-state index < -0.39 is 10.0 Å². The molecule has 1 rings (SSSR count). The van der Waals surface area contributed by atoms with Gasteiger partial charge in [0, 0.05) is 15.5 Å². The van der Waals surface area contributed by atoms with Crippen LogP contribution in [0.2, 0.25) is 0 Å². The summed E-state index contributed by atoms with van der Waals surface area (Å²) in [6.45, 7) is 5.56. The first kappa shape index (κ1) is 13.9. The van der Waals surface area contributed by atoms with Gasteiger partial charge in [0.15, 0.2) is 0 Å². The van der Waals surface area contributed by atoms with E-state index in [0.29, 0.717) is 4.47 Å². The maximum absolute atomic E-state index is 11.9. The molecule has 0 amide bonds. The summed E-state index contributed by atoms with van der Waals surface area (Å²) in [6.07, 6.45) is 1.49. The van der Waals surface area contributed by atoms with Crippen LogP contribution in [-0.2, 0) is 10.0 Å². The Morgan fingerprint density at radius 3 is 2.56 bits per heavy atom. The topological polar surface area (TPSA) is 46.2 Å². The lowest BCUT2D eigenvalue weighted by Crippen LogP contribution is -2.24. The average molecular weight is 369 g/mol. The number of halogens is 2. The number of benzene rings is 1. The van der Waals surface area contributed by atoms with Crippen LogP contribution in [0, 0.1) is 6.92 Å². The van der Waals surface area contributed by atoms with Gasteiger partial charge in [0.25, 0.3) is 0 Å². The van der Waals surface area contributed by atoms with Crippen molar-refractivity contribution in [2.24, 2.45) is 0 Å². The first-order valence-electron chi connectivity index (χ1n) is 4.44. The number of sulfonamides is 1. The second-order valence-corrected chi connectivity index (χ2v) is 6.62. The molecule has 0 unspecified atom stereocenters. The largest absolute Gasteiger partial charge is 0.242 e. The van der Waals surface area contributed by atoms with Gasteiger partial charge in [-0.15, -0.1) is 6.58 Å². The monoisotopic (exact) mass is 367 g/mol. The van der Waals surface area contributed by atoms with Crippen LogP contribution in [0.15, 0.2) is 38.6 Å². The highest BCUT2D eigenvalue weighted by Gasteiger charge is 2.17. The van der Waals surface area contributed by atoms with E-state index in [2.05, 4.69) is 43.2 Å². The Kier molecular flexibility index (Phi) is 4.73. The SMILES string of the molecule is C=CCNS(=O)(=O)c1cc(Br)c(C)cc1Br. The molecule has 0 heterocycles. The molecule has 0 fully saturated rings. The second-order valence-electron chi connectivity index (χ2n) is 3.17. The molecule has 88 valence electrons. The minimum Gasteiger partial charge on any atom is -0.207 e. The fourth-order valence-corrected chi connectivity index (χ4v) is 3.75. The van der Waals surface area contributed by atoms with E-state index in [1.54, 1.807) is 12.1 Å². The van der Waals surface area contributed by atoms with Gasteiger partial charge in [-0.3, -0.25) is 0 Å². The van der Waals surface area contributed by atoms with Gasteiger partial charge in [0.05, 0.1) is 4.90 Å². The molecule has 1 aromatic carbocycles. The first-order valence-corrected chi connectivity index (χ1v) is 7.51. The van der Waals surface area contributed by atoms with E-state index in [1.165, 1.54) is 6.08 Å². The first-order chi connectivity index (χ1) is 7.38. The zero-order chi connectivity index (χ0) is 12.3. The van der Waals surface area contributed by atoms with Crippen molar-refractivity contribution in [2.75, 3.05) is 6.54 Å². The summed E-state index contributed by atoms with van der Waals surface area (Å²) < 4.78 is 27.5. The highest BCUT2D eigenvalue weighted by atomic mass is 79.9.